The number of hydrogen-bond donors (Lipinski definition) is 1. The summed E-state index contributed by atoms with van der Waals surface area (Å²) in [6, 6.07) is 5.22. The largest absolute Gasteiger partial charge is 0.454 e. The normalized spacial score (nSPS) is 19.4. The highest BCUT2D eigenvalue weighted by Gasteiger charge is 2.23. The molecule has 0 saturated carbocycles. The Kier molecular flexibility index (Phi) is 5.45. The van der Waals surface area contributed by atoms with E-state index in [9.17, 15) is 13.2 Å². The number of nitrogens with zero attached hydrogens (tertiary/aromatic N) is 1. The molecule has 1 saturated heterocycles. The lowest BCUT2D eigenvalue weighted by Crippen LogP contribution is -2.42. The van der Waals surface area contributed by atoms with Crippen LogP contribution in [-0.4, -0.2) is 57.5 Å². The zero-order valence-corrected chi connectivity index (χ0v) is 14.9. The second-order valence-electron chi connectivity index (χ2n) is 6.16. The Morgan fingerprint density at radius 3 is 2.84 bits per heavy atom. The fourth-order valence-corrected chi connectivity index (χ4v) is 3.52. The molecule has 1 unspecified atom stereocenters. The zero-order valence-electron chi connectivity index (χ0n) is 14.1. The standard InChI is InChI=1S/C16H22N2O6S/c1-25(20,21)18(10-16(19)17-8-13-3-2-6-22-13)9-12-4-5-14-15(7-12)24-11-23-14/h4-5,7,13H,2-3,6,8-11H2,1H3,(H,17,19). The molecule has 0 aromatic heterocycles. The topological polar surface area (TPSA) is 94.2 Å². The Labute approximate surface area is 147 Å². The molecule has 0 aliphatic carbocycles. The van der Waals surface area contributed by atoms with Gasteiger partial charge in [0.1, 0.15) is 0 Å². The van der Waals surface area contributed by atoms with Gasteiger partial charge in [0.2, 0.25) is 22.7 Å². The number of fused-ring (bicyclic) bond motifs is 1. The van der Waals surface area contributed by atoms with E-state index in [4.69, 9.17) is 14.2 Å². The van der Waals surface area contributed by atoms with Gasteiger partial charge in [-0.3, -0.25) is 4.79 Å². The monoisotopic (exact) mass is 370 g/mol. The number of benzene rings is 1. The first-order valence-electron chi connectivity index (χ1n) is 8.14. The second kappa shape index (κ2) is 7.59. The second-order valence-corrected chi connectivity index (χ2v) is 8.14. The van der Waals surface area contributed by atoms with Gasteiger partial charge >= 0.3 is 0 Å². The van der Waals surface area contributed by atoms with Crippen molar-refractivity contribution >= 4 is 15.9 Å². The summed E-state index contributed by atoms with van der Waals surface area (Å²) in [5.74, 6) is 0.861. The van der Waals surface area contributed by atoms with Crippen LogP contribution in [0.3, 0.4) is 0 Å². The molecule has 0 radical (unpaired) electrons. The molecule has 2 aliphatic heterocycles. The number of sulfonamides is 1. The lowest BCUT2D eigenvalue weighted by atomic mass is 10.2. The predicted molar refractivity (Wildman–Crippen MR) is 89.8 cm³/mol. The van der Waals surface area contributed by atoms with Crippen molar-refractivity contribution < 1.29 is 27.4 Å². The molecule has 1 N–H and O–H groups in total. The number of rotatable bonds is 7. The van der Waals surface area contributed by atoms with Crippen LogP contribution in [0.15, 0.2) is 18.2 Å². The summed E-state index contributed by atoms with van der Waals surface area (Å²) in [6.45, 7) is 1.11. The summed E-state index contributed by atoms with van der Waals surface area (Å²) >= 11 is 0. The molecule has 138 valence electrons. The molecular formula is C16H22N2O6S. The summed E-state index contributed by atoms with van der Waals surface area (Å²) in [6.07, 6.45) is 3.00. The van der Waals surface area contributed by atoms with E-state index in [2.05, 4.69) is 5.32 Å². The molecule has 2 heterocycles. The summed E-state index contributed by atoms with van der Waals surface area (Å²) in [7, 11) is -3.54. The fraction of sp³-hybridized carbons (Fsp3) is 0.562. The number of carbonyl (C=O) groups is 1. The van der Waals surface area contributed by atoms with E-state index in [0.717, 1.165) is 29.0 Å². The number of amides is 1. The van der Waals surface area contributed by atoms with E-state index in [1.165, 1.54) is 0 Å². The minimum absolute atomic E-state index is 0.0180. The summed E-state index contributed by atoms with van der Waals surface area (Å²) in [5.41, 5.74) is 0.724. The molecular weight excluding hydrogens is 348 g/mol. The first-order chi connectivity index (χ1) is 11.9. The van der Waals surface area contributed by atoms with Gasteiger partial charge in [0, 0.05) is 19.7 Å². The smallest absolute Gasteiger partial charge is 0.235 e. The van der Waals surface area contributed by atoms with E-state index in [1.54, 1.807) is 18.2 Å². The van der Waals surface area contributed by atoms with E-state index < -0.39 is 10.0 Å². The zero-order chi connectivity index (χ0) is 17.9. The highest BCUT2D eigenvalue weighted by Crippen LogP contribution is 2.32. The number of hydrogen-bond acceptors (Lipinski definition) is 6. The number of carbonyl (C=O) groups excluding carboxylic acids is 1. The lowest BCUT2D eigenvalue weighted by molar-refractivity contribution is -0.121. The Morgan fingerprint density at radius 1 is 1.32 bits per heavy atom. The van der Waals surface area contributed by atoms with Crippen LogP contribution < -0.4 is 14.8 Å². The lowest BCUT2D eigenvalue weighted by Gasteiger charge is -2.20. The molecule has 9 heteroatoms. The molecule has 1 aromatic rings. The predicted octanol–water partition coefficient (Wildman–Crippen LogP) is 0.472. The van der Waals surface area contributed by atoms with Crippen molar-refractivity contribution in [3.63, 3.8) is 0 Å². The minimum Gasteiger partial charge on any atom is -0.454 e. The van der Waals surface area contributed by atoms with Crippen LogP contribution in [0.5, 0.6) is 11.5 Å². The highest BCUT2D eigenvalue weighted by atomic mass is 32.2. The van der Waals surface area contributed by atoms with Gasteiger partial charge in [-0.25, -0.2) is 8.42 Å². The molecule has 3 rings (SSSR count). The van der Waals surface area contributed by atoms with Gasteiger partial charge < -0.3 is 19.5 Å². The molecule has 1 amide bonds. The van der Waals surface area contributed by atoms with Crippen molar-refractivity contribution in [2.45, 2.75) is 25.5 Å². The van der Waals surface area contributed by atoms with Crippen LogP contribution in [0.4, 0.5) is 0 Å². The van der Waals surface area contributed by atoms with Crippen LogP contribution in [0.1, 0.15) is 18.4 Å². The maximum atomic E-state index is 12.1. The Bertz CT molecular complexity index is 730. The van der Waals surface area contributed by atoms with Crippen LogP contribution in [-0.2, 0) is 26.1 Å². The number of nitrogens with one attached hydrogen (secondary N) is 1. The number of ether oxygens (including phenoxy) is 3. The van der Waals surface area contributed by atoms with Gasteiger partial charge in [-0.05, 0) is 30.5 Å². The van der Waals surface area contributed by atoms with Crippen LogP contribution in [0.25, 0.3) is 0 Å². The van der Waals surface area contributed by atoms with Gasteiger partial charge in [0.05, 0.1) is 18.9 Å². The quantitative estimate of drug-likeness (QED) is 0.750. The highest BCUT2D eigenvalue weighted by molar-refractivity contribution is 7.88. The molecule has 1 atom stereocenters. The van der Waals surface area contributed by atoms with Gasteiger partial charge in [0.15, 0.2) is 11.5 Å². The van der Waals surface area contributed by atoms with Crippen molar-refractivity contribution in [1.82, 2.24) is 9.62 Å². The molecule has 25 heavy (non-hydrogen) atoms. The molecule has 1 fully saturated rings. The molecule has 2 aliphatic rings. The summed E-state index contributed by atoms with van der Waals surface area (Å²) in [5, 5.41) is 2.74. The van der Waals surface area contributed by atoms with Gasteiger partial charge in [-0.2, -0.15) is 4.31 Å². The average molecular weight is 370 g/mol. The van der Waals surface area contributed by atoms with Crippen molar-refractivity contribution in [2.24, 2.45) is 0 Å². The molecule has 1 aromatic carbocycles. The molecule has 8 nitrogen and oxygen atoms in total. The van der Waals surface area contributed by atoms with E-state index in [0.29, 0.717) is 24.7 Å². The van der Waals surface area contributed by atoms with Crippen molar-refractivity contribution in [1.29, 1.82) is 0 Å². The maximum absolute atomic E-state index is 12.1. The van der Waals surface area contributed by atoms with E-state index in [1.807, 2.05) is 0 Å². The summed E-state index contributed by atoms with van der Waals surface area (Å²) < 4.78 is 41.2. The first kappa shape index (κ1) is 18.0. The fourth-order valence-electron chi connectivity index (χ4n) is 2.78. The van der Waals surface area contributed by atoms with Crippen molar-refractivity contribution in [3.05, 3.63) is 23.8 Å². The molecule has 0 spiro atoms. The van der Waals surface area contributed by atoms with Gasteiger partial charge in [-0.1, -0.05) is 6.07 Å². The van der Waals surface area contributed by atoms with E-state index in [-0.39, 0.29) is 31.9 Å². The van der Waals surface area contributed by atoms with E-state index >= 15 is 0 Å². The Balaban J connectivity index is 1.60. The Hall–Kier alpha value is -1.84. The van der Waals surface area contributed by atoms with Crippen LogP contribution in [0, 0.1) is 0 Å². The minimum atomic E-state index is -3.54. The SMILES string of the molecule is CS(=O)(=O)N(CC(=O)NCC1CCCO1)Cc1ccc2c(c1)OCO2. The third kappa shape index (κ3) is 4.83. The Morgan fingerprint density at radius 2 is 2.12 bits per heavy atom. The third-order valence-corrected chi connectivity index (χ3v) is 5.33. The molecule has 0 bridgehead atoms. The van der Waals surface area contributed by atoms with Crippen LogP contribution >= 0.6 is 0 Å². The van der Waals surface area contributed by atoms with Crippen LogP contribution in [0.2, 0.25) is 0 Å². The average Bonchev–Trinajstić information content (AvgIpc) is 3.22. The van der Waals surface area contributed by atoms with Crippen molar-refractivity contribution in [3.8, 4) is 11.5 Å². The maximum Gasteiger partial charge on any atom is 0.235 e. The summed E-state index contributed by atoms with van der Waals surface area (Å²) in [4.78, 5) is 12.1. The van der Waals surface area contributed by atoms with Gasteiger partial charge in [-0.15, -0.1) is 0 Å². The van der Waals surface area contributed by atoms with Crippen molar-refractivity contribution in [2.75, 3.05) is 32.7 Å². The van der Waals surface area contributed by atoms with Gasteiger partial charge in [0.25, 0.3) is 0 Å². The third-order valence-electron chi connectivity index (χ3n) is 4.14. The first-order valence-corrected chi connectivity index (χ1v) is 9.98.